The molecule has 0 aliphatic carbocycles. The number of aryl methyl sites for hydroxylation is 1. The molecule has 3 rings (SSSR count). The van der Waals surface area contributed by atoms with Crippen molar-refractivity contribution in [2.45, 2.75) is 13.3 Å². The monoisotopic (exact) mass is 267 g/mol. The van der Waals surface area contributed by atoms with Gasteiger partial charge in [-0.15, -0.1) is 0 Å². The van der Waals surface area contributed by atoms with Crippen molar-refractivity contribution in [2.75, 3.05) is 0 Å². The van der Waals surface area contributed by atoms with Gasteiger partial charge in [-0.3, -0.25) is 0 Å². The number of aromatic nitrogens is 1. The van der Waals surface area contributed by atoms with Crippen molar-refractivity contribution in [1.82, 2.24) is 4.98 Å². The lowest BCUT2D eigenvalue weighted by Gasteiger charge is -2.08. The lowest BCUT2D eigenvalue weighted by atomic mass is 10.0. The zero-order chi connectivity index (χ0) is 13.2. The second kappa shape index (κ2) is 5.02. The van der Waals surface area contributed by atoms with Gasteiger partial charge in [-0.25, -0.2) is 4.98 Å². The van der Waals surface area contributed by atoms with Crippen molar-refractivity contribution in [2.24, 2.45) is 0 Å². The minimum atomic E-state index is 0.591. The minimum Gasteiger partial charge on any atom is -0.236 e. The van der Waals surface area contributed by atoms with Crippen molar-refractivity contribution >= 4 is 22.5 Å². The second-order valence-electron chi connectivity index (χ2n) is 4.75. The number of para-hydroxylation sites is 1. The van der Waals surface area contributed by atoms with Crippen LogP contribution in [0.1, 0.15) is 16.7 Å². The van der Waals surface area contributed by atoms with Crippen LogP contribution in [0, 0.1) is 6.92 Å². The molecule has 0 bridgehead atoms. The Balaban J connectivity index is 2.11. The van der Waals surface area contributed by atoms with Crippen molar-refractivity contribution < 1.29 is 0 Å². The molecule has 19 heavy (non-hydrogen) atoms. The molecule has 94 valence electrons. The van der Waals surface area contributed by atoms with Gasteiger partial charge in [-0.2, -0.15) is 0 Å². The molecule has 1 nitrogen and oxygen atoms in total. The Hall–Kier alpha value is -1.86. The molecule has 2 heteroatoms. The van der Waals surface area contributed by atoms with Crippen LogP contribution < -0.4 is 0 Å². The van der Waals surface area contributed by atoms with Crippen LogP contribution in [-0.4, -0.2) is 4.98 Å². The summed E-state index contributed by atoms with van der Waals surface area (Å²) in [5.74, 6) is 0. The number of hydrogen-bond donors (Lipinski definition) is 0. The van der Waals surface area contributed by atoms with Crippen molar-refractivity contribution in [3.63, 3.8) is 0 Å². The molecule has 0 spiro atoms. The Morgan fingerprint density at radius 2 is 1.79 bits per heavy atom. The quantitative estimate of drug-likeness (QED) is 0.609. The Morgan fingerprint density at radius 1 is 1.00 bits per heavy atom. The Labute approximate surface area is 117 Å². The standard InChI is InChI=1S/C17H14ClN/c1-12-10-14-8-5-9-15(16(14)19-17(12)18)11-13-6-3-2-4-7-13/h2-10H,11H2,1H3. The zero-order valence-corrected chi connectivity index (χ0v) is 11.5. The number of fused-ring (bicyclic) bond motifs is 1. The third kappa shape index (κ3) is 2.47. The lowest BCUT2D eigenvalue weighted by molar-refractivity contribution is 1.19. The molecule has 0 saturated heterocycles. The number of nitrogens with zero attached hydrogens (tertiary/aromatic N) is 1. The summed E-state index contributed by atoms with van der Waals surface area (Å²) in [7, 11) is 0. The average Bonchev–Trinajstić information content (AvgIpc) is 2.42. The highest BCUT2D eigenvalue weighted by molar-refractivity contribution is 6.30. The average molecular weight is 268 g/mol. The smallest absolute Gasteiger partial charge is 0.132 e. The van der Waals surface area contributed by atoms with E-state index in [2.05, 4.69) is 53.5 Å². The summed E-state index contributed by atoms with van der Waals surface area (Å²) in [4.78, 5) is 4.54. The van der Waals surface area contributed by atoms with E-state index in [-0.39, 0.29) is 0 Å². The first kappa shape index (κ1) is 12.2. The third-order valence-corrected chi connectivity index (χ3v) is 3.68. The summed E-state index contributed by atoms with van der Waals surface area (Å²) in [5.41, 5.74) is 4.52. The molecular weight excluding hydrogens is 254 g/mol. The molecule has 1 aromatic heterocycles. The first-order chi connectivity index (χ1) is 9.24. The fourth-order valence-corrected chi connectivity index (χ4v) is 2.44. The maximum absolute atomic E-state index is 6.15. The van der Waals surface area contributed by atoms with E-state index in [0.717, 1.165) is 22.9 Å². The van der Waals surface area contributed by atoms with Gasteiger partial charge in [0.05, 0.1) is 5.52 Å². The highest BCUT2D eigenvalue weighted by atomic mass is 35.5. The topological polar surface area (TPSA) is 12.9 Å². The summed E-state index contributed by atoms with van der Waals surface area (Å²) in [6.45, 7) is 1.98. The molecular formula is C17H14ClN. The molecule has 0 aliphatic heterocycles. The van der Waals surface area contributed by atoms with Gasteiger partial charge < -0.3 is 0 Å². The molecule has 0 N–H and O–H groups in total. The second-order valence-corrected chi connectivity index (χ2v) is 5.11. The van der Waals surface area contributed by atoms with Gasteiger partial charge in [-0.05, 0) is 36.1 Å². The summed E-state index contributed by atoms with van der Waals surface area (Å²) in [5, 5.41) is 1.74. The number of hydrogen-bond acceptors (Lipinski definition) is 1. The first-order valence-corrected chi connectivity index (χ1v) is 6.70. The highest BCUT2D eigenvalue weighted by Gasteiger charge is 2.06. The van der Waals surface area contributed by atoms with Crippen molar-refractivity contribution in [3.05, 3.63) is 76.4 Å². The largest absolute Gasteiger partial charge is 0.236 e. The fraction of sp³-hybridized carbons (Fsp3) is 0.118. The molecule has 0 saturated carbocycles. The maximum Gasteiger partial charge on any atom is 0.132 e. The van der Waals surface area contributed by atoms with E-state index in [1.807, 2.05) is 13.0 Å². The number of rotatable bonds is 2. The molecule has 0 unspecified atom stereocenters. The molecule has 0 atom stereocenters. The molecule has 0 radical (unpaired) electrons. The van der Waals surface area contributed by atoms with Crippen molar-refractivity contribution in [3.8, 4) is 0 Å². The fourth-order valence-electron chi connectivity index (χ4n) is 2.30. The summed E-state index contributed by atoms with van der Waals surface area (Å²) >= 11 is 6.15. The van der Waals surface area contributed by atoms with Crippen LogP contribution in [0.25, 0.3) is 10.9 Å². The Kier molecular flexibility index (Phi) is 3.22. The van der Waals surface area contributed by atoms with Gasteiger partial charge in [0.25, 0.3) is 0 Å². The Morgan fingerprint density at radius 3 is 2.58 bits per heavy atom. The maximum atomic E-state index is 6.15. The normalized spacial score (nSPS) is 10.8. The van der Waals surface area contributed by atoms with Gasteiger partial charge in [-0.1, -0.05) is 60.1 Å². The molecule has 1 heterocycles. The van der Waals surface area contributed by atoms with Crippen LogP contribution >= 0.6 is 11.6 Å². The van der Waals surface area contributed by atoms with Crippen LogP contribution in [-0.2, 0) is 6.42 Å². The van der Waals surface area contributed by atoms with Crippen LogP contribution in [0.3, 0.4) is 0 Å². The summed E-state index contributed by atoms with van der Waals surface area (Å²) in [6, 6.07) is 18.8. The summed E-state index contributed by atoms with van der Waals surface area (Å²) < 4.78 is 0. The predicted octanol–water partition coefficient (Wildman–Crippen LogP) is 4.79. The minimum absolute atomic E-state index is 0.591. The Bertz CT molecular complexity index is 720. The molecule has 0 fully saturated rings. The van der Waals surface area contributed by atoms with E-state index >= 15 is 0 Å². The van der Waals surface area contributed by atoms with E-state index in [1.54, 1.807) is 0 Å². The summed E-state index contributed by atoms with van der Waals surface area (Å²) in [6.07, 6.45) is 0.880. The van der Waals surface area contributed by atoms with Gasteiger partial charge in [0, 0.05) is 5.39 Å². The van der Waals surface area contributed by atoms with Crippen LogP contribution in [0.2, 0.25) is 5.15 Å². The molecule has 3 aromatic rings. The van der Waals surface area contributed by atoms with Gasteiger partial charge in [0.1, 0.15) is 5.15 Å². The molecule has 0 aliphatic rings. The van der Waals surface area contributed by atoms with Gasteiger partial charge >= 0.3 is 0 Å². The van der Waals surface area contributed by atoms with Crippen LogP contribution in [0.4, 0.5) is 0 Å². The van der Waals surface area contributed by atoms with Crippen LogP contribution in [0.5, 0.6) is 0 Å². The zero-order valence-electron chi connectivity index (χ0n) is 10.7. The predicted molar refractivity (Wildman–Crippen MR) is 80.7 cm³/mol. The van der Waals surface area contributed by atoms with E-state index in [9.17, 15) is 0 Å². The van der Waals surface area contributed by atoms with Gasteiger partial charge in [0.2, 0.25) is 0 Å². The highest BCUT2D eigenvalue weighted by Crippen LogP contribution is 2.24. The van der Waals surface area contributed by atoms with E-state index in [0.29, 0.717) is 5.15 Å². The third-order valence-electron chi connectivity index (χ3n) is 3.30. The first-order valence-electron chi connectivity index (χ1n) is 6.33. The number of halogens is 1. The SMILES string of the molecule is Cc1cc2cccc(Cc3ccccc3)c2nc1Cl. The van der Waals surface area contributed by atoms with E-state index in [4.69, 9.17) is 11.6 Å². The lowest BCUT2D eigenvalue weighted by Crippen LogP contribution is -1.93. The van der Waals surface area contributed by atoms with Crippen molar-refractivity contribution in [1.29, 1.82) is 0 Å². The van der Waals surface area contributed by atoms with E-state index in [1.165, 1.54) is 11.1 Å². The number of pyridine rings is 1. The van der Waals surface area contributed by atoms with E-state index < -0.39 is 0 Å². The molecule has 2 aromatic carbocycles. The molecule has 0 amide bonds. The van der Waals surface area contributed by atoms with Gasteiger partial charge in [0.15, 0.2) is 0 Å². The number of benzene rings is 2. The van der Waals surface area contributed by atoms with Crippen LogP contribution in [0.15, 0.2) is 54.6 Å².